The number of hydrogen-bond acceptors (Lipinski definition) is 3. The molecule has 1 aliphatic heterocycles. The van der Waals surface area contributed by atoms with Crippen molar-refractivity contribution in [2.24, 2.45) is 0 Å². The molecule has 2 aromatic carbocycles. The van der Waals surface area contributed by atoms with Crippen LogP contribution >= 0.6 is 23.5 Å². The molecule has 1 saturated heterocycles. The van der Waals surface area contributed by atoms with E-state index in [2.05, 4.69) is 50.2 Å². The van der Waals surface area contributed by atoms with E-state index in [4.69, 9.17) is 0 Å². The monoisotopic (exact) mass is 385 g/mol. The summed E-state index contributed by atoms with van der Waals surface area (Å²) in [6, 6.07) is 16.8. The molecule has 0 bridgehead atoms. The van der Waals surface area contributed by atoms with E-state index in [0.29, 0.717) is 17.0 Å². The molecule has 2 nitrogen and oxygen atoms in total. The summed E-state index contributed by atoms with van der Waals surface area (Å²) in [6.07, 6.45) is 1.30. The Hall–Kier alpha value is -1.39. The average Bonchev–Trinajstić information content (AvgIpc) is 2.68. The van der Waals surface area contributed by atoms with Gasteiger partial charge in [0.1, 0.15) is 0 Å². The summed E-state index contributed by atoms with van der Waals surface area (Å²) in [6.45, 7) is 5.02. The maximum atomic E-state index is 12.7. The summed E-state index contributed by atoms with van der Waals surface area (Å²) in [5.41, 5.74) is 4.58. The molecule has 138 valence electrons. The third-order valence-electron chi connectivity index (χ3n) is 4.67. The number of nitrogens with zero attached hydrogens (tertiary/aromatic N) is 1. The second kappa shape index (κ2) is 9.01. The molecule has 1 heterocycles. The van der Waals surface area contributed by atoms with Crippen LogP contribution in [-0.4, -0.2) is 29.4 Å². The Kier molecular flexibility index (Phi) is 6.71. The molecule has 0 spiro atoms. The number of carbonyl (C=O) groups is 1. The Bertz CT molecular complexity index is 719. The minimum absolute atomic E-state index is 0.0773. The van der Waals surface area contributed by atoms with Crippen molar-refractivity contribution in [3.8, 4) is 0 Å². The highest BCUT2D eigenvalue weighted by Gasteiger charge is 2.18. The van der Waals surface area contributed by atoms with Gasteiger partial charge in [0.05, 0.1) is 4.58 Å². The largest absolute Gasteiger partial charge is 0.337 e. The first-order valence-electron chi connectivity index (χ1n) is 9.22. The van der Waals surface area contributed by atoms with E-state index in [1.54, 1.807) is 4.90 Å². The van der Waals surface area contributed by atoms with Gasteiger partial charge in [0.15, 0.2) is 0 Å². The molecule has 1 amide bonds. The van der Waals surface area contributed by atoms with Crippen molar-refractivity contribution < 1.29 is 4.79 Å². The standard InChI is InChI=1S/C22H27NOS2/c1-16(2)18-7-5-17(6-8-18)15-23(3)21(24)19-9-11-20(12-10-19)22-25-13-4-14-26-22/h5-12,16,22H,4,13-15H2,1-3H3. The van der Waals surface area contributed by atoms with Gasteiger partial charge in [-0.1, -0.05) is 50.2 Å². The van der Waals surface area contributed by atoms with Crippen LogP contribution in [0.2, 0.25) is 0 Å². The first kappa shape index (κ1) is 19.4. The first-order chi connectivity index (χ1) is 12.5. The summed E-state index contributed by atoms with van der Waals surface area (Å²) in [5, 5.41) is 0. The normalized spacial score (nSPS) is 15.2. The summed E-state index contributed by atoms with van der Waals surface area (Å²) >= 11 is 4.02. The van der Waals surface area contributed by atoms with Gasteiger partial charge in [-0.15, -0.1) is 23.5 Å². The van der Waals surface area contributed by atoms with Gasteiger partial charge in [0.25, 0.3) is 5.91 Å². The van der Waals surface area contributed by atoms with Crippen molar-refractivity contribution in [2.75, 3.05) is 18.6 Å². The van der Waals surface area contributed by atoms with Crippen LogP contribution < -0.4 is 0 Å². The molecule has 4 heteroatoms. The van der Waals surface area contributed by atoms with Gasteiger partial charge < -0.3 is 4.90 Å². The quantitative estimate of drug-likeness (QED) is 0.634. The fourth-order valence-electron chi connectivity index (χ4n) is 3.04. The molecule has 0 aliphatic carbocycles. The lowest BCUT2D eigenvalue weighted by Gasteiger charge is -2.22. The maximum absolute atomic E-state index is 12.7. The highest BCUT2D eigenvalue weighted by atomic mass is 32.2. The van der Waals surface area contributed by atoms with E-state index in [9.17, 15) is 4.79 Å². The lowest BCUT2D eigenvalue weighted by Crippen LogP contribution is -2.26. The molecular formula is C22H27NOS2. The predicted octanol–water partition coefficient (Wildman–Crippen LogP) is 5.95. The van der Waals surface area contributed by atoms with Crippen molar-refractivity contribution in [1.29, 1.82) is 0 Å². The number of thioether (sulfide) groups is 2. The van der Waals surface area contributed by atoms with Crippen LogP contribution in [0.4, 0.5) is 0 Å². The molecule has 0 saturated carbocycles. The number of rotatable bonds is 5. The van der Waals surface area contributed by atoms with Crippen LogP contribution in [0.1, 0.15) is 57.8 Å². The minimum Gasteiger partial charge on any atom is -0.337 e. The van der Waals surface area contributed by atoms with E-state index in [1.807, 2.05) is 42.7 Å². The summed E-state index contributed by atoms with van der Waals surface area (Å²) in [7, 11) is 1.87. The zero-order valence-corrected chi connectivity index (χ0v) is 17.4. The molecule has 2 aromatic rings. The highest BCUT2D eigenvalue weighted by molar-refractivity contribution is 8.16. The predicted molar refractivity (Wildman–Crippen MR) is 115 cm³/mol. The van der Waals surface area contributed by atoms with Gasteiger partial charge >= 0.3 is 0 Å². The van der Waals surface area contributed by atoms with E-state index >= 15 is 0 Å². The smallest absolute Gasteiger partial charge is 0.253 e. The lowest BCUT2D eigenvalue weighted by atomic mass is 10.0. The Labute approximate surface area is 165 Å². The van der Waals surface area contributed by atoms with Gasteiger partial charge in [-0.2, -0.15) is 0 Å². The third kappa shape index (κ3) is 4.86. The van der Waals surface area contributed by atoms with Crippen LogP contribution in [0.25, 0.3) is 0 Å². The Morgan fingerprint density at radius 1 is 1.04 bits per heavy atom. The molecule has 26 heavy (non-hydrogen) atoms. The lowest BCUT2D eigenvalue weighted by molar-refractivity contribution is 0.0785. The van der Waals surface area contributed by atoms with Gasteiger partial charge in [-0.3, -0.25) is 4.79 Å². The van der Waals surface area contributed by atoms with Crippen LogP contribution in [0.3, 0.4) is 0 Å². The number of carbonyl (C=O) groups excluding carboxylic acids is 1. The van der Waals surface area contributed by atoms with Crippen LogP contribution in [0.15, 0.2) is 48.5 Å². The van der Waals surface area contributed by atoms with E-state index in [-0.39, 0.29) is 5.91 Å². The molecule has 1 fully saturated rings. The average molecular weight is 386 g/mol. The van der Waals surface area contributed by atoms with Crippen molar-refractivity contribution in [3.05, 3.63) is 70.8 Å². The molecule has 1 aliphatic rings. The van der Waals surface area contributed by atoms with Gasteiger partial charge in [0, 0.05) is 19.2 Å². The molecule has 0 N–H and O–H groups in total. The van der Waals surface area contributed by atoms with Crippen LogP contribution in [0, 0.1) is 0 Å². The second-order valence-corrected chi connectivity index (χ2v) is 9.83. The topological polar surface area (TPSA) is 20.3 Å². The molecule has 0 aromatic heterocycles. The van der Waals surface area contributed by atoms with Crippen molar-refractivity contribution in [1.82, 2.24) is 4.90 Å². The minimum atomic E-state index is 0.0773. The molecule has 0 unspecified atom stereocenters. The fraction of sp³-hybridized carbons (Fsp3) is 0.409. The van der Waals surface area contributed by atoms with Crippen molar-refractivity contribution in [3.63, 3.8) is 0 Å². The third-order valence-corrected chi connectivity index (χ3v) is 7.68. The van der Waals surface area contributed by atoms with Gasteiger partial charge in [-0.25, -0.2) is 0 Å². The van der Waals surface area contributed by atoms with Crippen LogP contribution in [0.5, 0.6) is 0 Å². The second-order valence-electron chi connectivity index (χ2n) is 7.11. The van der Waals surface area contributed by atoms with E-state index in [0.717, 1.165) is 11.1 Å². The van der Waals surface area contributed by atoms with Crippen LogP contribution in [-0.2, 0) is 6.54 Å². The Morgan fingerprint density at radius 3 is 2.23 bits per heavy atom. The summed E-state index contributed by atoms with van der Waals surface area (Å²) in [5.74, 6) is 3.07. The molecule has 0 atom stereocenters. The highest BCUT2D eigenvalue weighted by Crippen LogP contribution is 2.43. The first-order valence-corrected chi connectivity index (χ1v) is 11.3. The number of benzene rings is 2. The van der Waals surface area contributed by atoms with Gasteiger partial charge in [0.2, 0.25) is 0 Å². The molecule has 3 rings (SSSR count). The fourth-order valence-corrected chi connectivity index (χ4v) is 5.93. The van der Waals surface area contributed by atoms with Crippen molar-refractivity contribution in [2.45, 2.75) is 37.3 Å². The number of hydrogen-bond donors (Lipinski definition) is 0. The van der Waals surface area contributed by atoms with Gasteiger partial charge in [-0.05, 0) is 52.7 Å². The Morgan fingerprint density at radius 2 is 1.65 bits per heavy atom. The SMILES string of the molecule is CC(C)c1ccc(CN(C)C(=O)c2ccc(C3SCCCS3)cc2)cc1. The Balaban J connectivity index is 1.62. The van der Waals surface area contributed by atoms with E-state index in [1.165, 1.54) is 29.1 Å². The molecule has 0 radical (unpaired) electrons. The zero-order valence-electron chi connectivity index (χ0n) is 15.8. The summed E-state index contributed by atoms with van der Waals surface area (Å²) in [4.78, 5) is 14.5. The molecular weight excluding hydrogens is 358 g/mol. The number of amides is 1. The maximum Gasteiger partial charge on any atom is 0.253 e. The van der Waals surface area contributed by atoms with Crippen molar-refractivity contribution >= 4 is 29.4 Å². The zero-order chi connectivity index (χ0) is 18.5. The van der Waals surface area contributed by atoms with E-state index < -0.39 is 0 Å². The summed E-state index contributed by atoms with van der Waals surface area (Å²) < 4.78 is 0.519.